The Balaban J connectivity index is 1.76. The van der Waals surface area contributed by atoms with Gasteiger partial charge in [-0.15, -0.1) is 0 Å². The van der Waals surface area contributed by atoms with Crippen LogP contribution in [-0.2, 0) is 0 Å². The van der Waals surface area contributed by atoms with Crippen LogP contribution in [0.3, 0.4) is 0 Å². The monoisotopic (exact) mass is 377 g/mol. The van der Waals surface area contributed by atoms with Crippen LogP contribution in [-0.4, -0.2) is 44.0 Å². The van der Waals surface area contributed by atoms with Gasteiger partial charge >= 0.3 is 0 Å². The van der Waals surface area contributed by atoms with E-state index in [1.54, 1.807) is 6.07 Å². The van der Waals surface area contributed by atoms with Gasteiger partial charge in [-0.25, -0.2) is 13.2 Å². The molecule has 1 heterocycles. The number of anilines is 2. The smallest absolute Gasteiger partial charge is 0.255 e. The van der Waals surface area contributed by atoms with E-state index in [1.807, 2.05) is 11.9 Å². The number of hydrogen-bond acceptors (Lipinski definition) is 3. The molecule has 0 radical (unpaired) electrons. The number of nitrogens with one attached hydrogen (secondary N) is 1. The van der Waals surface area contributed by atoms with Crippen LogP contribution in [0, 0.1) is 17.5 Å². The molecule has 1 fully saturated rings. The molecule has 2 aromatic rings. The van der Waals surface area contributed by atoms with Gasteiger partial charge in [0.05, 0.1) is 0 Å². The molecule has 1 aliphatic heterocycles. The number of carbonyl (C=O) groups is 1. The largest absolute Gasteiger partial charge is 0.371 e. The summed E-state index contributed by atoms with van der Waals surface area (Å²) in [5.74, 6) is -3.25. The summed E-state index contributed by atoms with van der Waals surface area (Å²) >= 11 is 0. The highest BCUT2D eigenvalue weighted by Crippen LogP contribution is 2.26. The van der Waals surface area contributed by atoms with Gasteiger partial charge in [-0.2, -0.15) is 0 Å². The Morgan fingerprint density at radius 1 is 1.07 bits per heavy atom. The zero-order chi connectivity index (χ0) is 19.6. The number of amides is 1. The Morgan fingerprint density at radius 2 is 1.78 bits per heavy atom. The minimum Gasteiger partial charge on any atom is -0.371 e. The van der Waals surface area contributed by atoms with Crippen LogP contribution in [0.2, 0.25) is 0 Å². The van der Waals surface area contributed by atoms with E-state index in [4.69, 9.17) is 0 Å². The maximum absolute atomic E-state index is 14.1. The molecule has 1 amide bonds. The summed E-state index contributed by atoms with van der Waals surface area (Å²) < 4.78 is 40.4. The molecular formula is C20H22F3N3O. The molecule has 0 aliphatic carbocycles. The Bertz CT molecular complexity index is 835. The molecule has 27 heavy (non-hydrogen) atoms. The number of likely N-dealkylation sites (tertiary alicyclic amines) is 1. The molecule has 0 spiro atoms. The van der Waals surface area contributed by atoms with Crippen molar-refractivity contribution >= 4 is 17.3 Å². The van der Waals surface area contributed by atoms with Crippen LogP contribution in [0.5, 0.6) is 0 Å². The van der Waals surface area contributed by atoms with E-state index in [1.165, 1.54) is 18.2 Å². The van der Waals surface area contributed by atoms with Gasteiger partial charge in [0.2, 0.25) is 0 Å². The fourth-order valence-corrected chi connectivity index (χ4v) is 3.28. The summed E-state index contributed by atoms with van der Waals surface area (Å²) in [4.78, 5) is 16.5. The Morgan fingerprint density at radius 3 is 2.44 bits per heavy atom. The van der Waals surface area contributed by atoms with E-state index >= 15 is 0 Å². The lowest BCUT2D eigenvalue weighted by Crippen LogP contribution is -2.42. The molecule has 0 aromatic heterocycles. The van der Waals surface area contributed by atoms with Gasteiger partial charge in [-0.1, -0.05) is 0 Å². The van der Waals surface area contributed by atoms with Gasteiger partial charge in [-0.05, 0) is 69.4 Å². The molecule has 0 unspecified atom stereocenters. The molecule has 0 bridgehead atoms. The fourth-order valence-electron chi connectivity index (χ4n) is 3.28. The summed E-state index contributed by atoms with van der Waals surface area (Å²) in [6, 6.07) is 7.47. The van der Waals surface area contributed by atoms with Crippen LogP contribution in [0.15, 0.2) is 36.4 Å². The van der Waals surface area contributed by atoms with Gasteiger partial charge in [0.1, 0.15) is 5.82 Å². The van der Waals surface area contributed by atoms with Crippen molar-refractivity contribution in [3.05, 3.63) is 59.4 Å². The highest BCUT2D eigenvalue weighted by Gasteiger charge is 2.21. The molecule has 3 rings (SSSR count). The number of piperidine rings is 1. The van der Waals surface area contributed by atoms with Crippen LogP contribution < -0.4 is 10.2 Å². The summed E-state index contributed by atoms with van der Waals surface area (Å²) in [6.45, 7) is 1.95. The van der Waals surface area contributed by atoms with Crippen LogP contribution in [0.4, 0.5) is 24.5 Å². The molecule has 7 heteroatoms. The van der Waals surface area contributed by atoms with Crippen molar-refractivity contribution in [3.8, 4) is 0 Å². The number of hydrogen-bond donors (Lipinski definition) is 1. The standard InChI is InChI=1S/C20H22F3N3O/c1-25-7-5-16(6-8-25)26(2)17-11-14(21)10-15(12-17)24-20(27)13-3-4-18(22)19(23)9-13/h3-4,9-12,16H,5-8H2,1-2H3,(H,24,27). The first-order chi connectivity index (χ1) is 12.8. The molecule has 2 aromatic carbocycles. The third kappa shape index (κ3) is 4.60. The van der Waals surface area contributed by atoms with E-state index in [0.29, 0.717) is 5.69 Å². The Hall–Kier alpha value is -2.54. The highest BCUT2D eigenvalue weighted by molar-refractivity contribution is 6.04. The average molecular weight is 377 g/mol. The van der Waals surface area contributed by atoms with Crippen molar-refractivity contribution in [3.63, 3.8) is 0 Å². The quantitative estimate of drug-likeness (QED) is 0.878. The lowest BCUT2D eigenvalue weighted by molar-refractivity contribution is 0.102. The van der Waals surface area contributed by atoms with Crippen molar-refractivity contribution in [2.24, 2.45) is 0 Å². The third-order valence-electron chi connectivity index (χ3n) is 4.97. The van der Waals surface area contributed by atoms with Crippen molar-refractivity contribution in [2.45, 2.75) is 18.9 Å². The zero-order valence-corrected chi connectivity index (χ0v) is 15.3. The van der Waals surface area contributed by atoms with Crippen molar-refractivity contribution in [2.75, 3.05) is 37.4 Å². The number of rotatable bonds is 4. The minimum absolute atomic E-state index is 0.0385. The average Bonchev–Trinajstić information content (AvgIpc) is 2.63. The first-order valence-electron chi connectivity index (χ1n) is 8.82. The molecule has 0 saturated carbocycles. The maximum Gasteiger partial charge on any atom is 0.255 e. The third-order valence-corrected chi connectivity index (χ3v) is 4.97. The molecular weight excluding hydrogens is 355 g/mol. The normalized spacial score (nSPS) is 15.6. The summed E-state index contributed by atoms with van der Waals surface area (Å²) in [5.41, 5.74) is 0.882. The second-order valence-electron chi connectivity index (χ2n) is 6.93. The lowest BCUT2D eigenvalue weighted by Gasteiger charge is -2.36. The van der Waals surface area contributed by atoms with Crippen molar-refractivity contribution in [1.29, 1.82) is 0 Å². The molecule has 0 atom stereocenters. The van der Waals surface area contributed by atoms with Crippen LogP contribution in [0.25, 0.3) is 0 Å². The van der Waals surface area contributed by atoms with Gasteiger partial charge in [0, 0.05) is 30.0 Å². The summed E-state index contributed by atoms with van der Waals surface area (Å²) in [7, 11) is 3.98. The van der Waals surface area contributed by atoms with Gasteiger partial charge < -0.3 is 15.1 Å². The van der Waals surface area contributed by atoms with E-state index in [-0.39, 0.29) is 17.3 Å². The number of halogens is 3. The minimum atomic E-state index is -1.11. The second-order valence-corrected chi connectivity index (χ2v) is 6.93. The van der Waals surface area contributed by atoms with Crippen LogP contribution in [0.1, 0.15) is 23.2 Å². The predicted molar refractivity (Wildman–Crippen MR) is 99.6 cm³/mol. The van der Waals surface area contributed by atoms with Gasteiger partial charge in [0.15, 0.2) is 11.6 Å². The predicted octanol–water partition coefficient (Wildman–Crippen LogP) is 3.89. The first-order valence-corrected chi connectivity index (χ1v) is 8.82. The van der Waals surface area contributed by atoms with E-state index in [2.05, 4.69) is 17.3 Å². The zero-order valence-electron chi connectivity index (χ0n) is 15.3. The molecule has 144 valence electrons. The van der Waals surface area contributed by atoms with E-state index in [9.17, 15) is 18.0 Å². The topological polar surface area (TPSA) is 35.6 Å². The second kappa shape index (κ2) is 8.00. The summed E-state index contributed by atoms with van der Waals surface area (Å²) in [6.07, 6.45) is 1.94. The number of carbonyl (C=O) groups excluding carboxylic acids is 1. The summed E-state index contributed by atoms with van der Waals surface area (Å²) in [5, 5.41) is 2.55. The number of benzene rings is 2. The first kappa shape index (κ1) is 19.2. The van der Waals surface area contributed by atoms with E-state index < -0.39 is 23.4 Å². The Labute approximate surface area is 156 Å². The lowest BCUT2D eigenvalue weighted by atomic mass is 10.0. The van der Waals surface area contributed by atoms with Gasteiger partial charge in [0.25, 0.3) is 5.91 Å². The van der Waals surface area contributed by atoms with Gasteiger partial charge in [-0.3, -0.25) is 4.79 Å². The highest BCUT2D eigenvalue weighted by atomic mass is 19.2. The molecule has 1 aliphatic rings. The molecule has 1 N–H and O–H groups in total. The van der Waals surface area contributed by atoms with Crippen molar-refractivity contribution < 1.29 is 18.0 Å². The Kier molecular flexibility index (Phi) is 5.70. The SMILES string of the molecule is CN1CCC(N(C)c2cc(F)cc(NC(=O)c3ccc(F)c(F)c3)c2)CC1. The molecule has 4 nitrogen and oxygen atoms in total. The number of nitrogens with zero attached hydrogens (tertiary/aromatic N) is 2. The van der Waals surface area contributed by atoms with Crippen LogP contribution >= 0.6 is 0 Å². The fraction of sp³-hybridized carbons (Fsp3) is 0.350. The molecule has 1 saturated heterocycles. The maximum atomic E-state index is 14.1. The van der Waals surface area contributed by atoms with Crippen molar-refractivity contribution in [1.82, 2.24) is 4.90 Å². The van der Waals surface area contributed by atoms with E-state index in [0.717, 1.165) is 38.1 Å².